The molecule has 0 aromatic carbocycles. The second kappa shape index (κ2) is 6.47. The van der Waals surface area contributed by atoms with Gasteiger partial charge in [-0.2, -0.15) is 0 Å². The summed E-state index contributed by atoms with van der Waals surface area (Å²) in [6, 6.07) is 1.75. The maximum atomic E-state index is 12.1. The molecule has 23 heavy (non-hydrogen) atoms. The Hall–Kier alpha value is -2.90. The quantitative estimate of drug-likeness (QED) is 0.743. The van der Waals surface area contributed by atoms with E-state index in [1.165, 1.54) is 34.9 Å². The molecular formula is C15H18N4O4. The first-order valence-electron chi connectivity index (χ1n) is 6.91. The minimum atomic E-state index is -0.452. The lowest BCUT2D eigenvalue weighted by molar-refractivity contribution is -0.125. The molecule has 0 N–H and O–H groups in total. The van der Waals surface area contributed by atoms with Crippen molar-refractivity contribution in [3.8, 4) is 0 Å². The molecule has 2 rings (SSSR count). The van der Waals surface area contributed by atoms with Crippen molar-refractivity contribution >= 4 is 12.0 Å². The second-order valence-electron chi connectivity index (χ2n) is 5.30. The highest BCUT2D eigenvalue weighted by atomic mass is 16.5. The smallest absolute Gasteiger partial charge is 0.330 e. The fourth-order valence-corrected chi connectivity index (χ4v) is 2.05. The van der Waals surface area contributed by atoms with E-state index in [0.29, 0.717) is 18.0 Å². The molecule has 0 saturated carbocycles. The van der Waals surface area contributed by atoms with Crippen LogP contribution in [0.5, 0.6) is 0 Å². The summed E-state index contributed by atoms with van der Waals surface area (Å²) >= 11 is 0. The third-order valence-corrected chi connectivity index (χ3v) is 3.33. The monoisotopic (exact) mass is 318 g/mol. The minimum absolute atomic E-state index is 0.258. The molecule has 0 atom stereocenters. The van der Waals surface area contributed by atoms with Crippen molar-refractivity contribution in [3.05, 3.63) is 56.2 Å². The number of carbonyl (C=O) groups excluding carboxylic acids is 1. The summed E-state index contributed by atoms with van der Waals surface area (Å²) in [6.07, 6.45) is 4.08. The fraction of sp³-hybridized carbons (Fsp3) is 0.333. The summed E-state index contributed by atoms with van der Waals surface area (Å²) in [6.45, 7) is 2.07. The van der Waals surface area contributed by atoms with Gasteiger partial charge in [-0.1, -0.05) is 5.16 Å². The van der Waals surface area contributed by atoms with Crippen molar-refractivity contribution in [3.63, 3.8) is 0 Å². The number of likely N-dealkylation sites (N-methyl/N-ethyl adjacent to an activating group) is 1. The summed E-state index contributed by atoms with van der Waals surface area (Å²) < 4.78 is 7.22. The number of hydrogen-bond acceptors (Lipinski definition) is 5. The van der Waals surface area contributed by atoms with E-state index in [4.69, 9.17) is 4.52 Å². The summed E-state index contributed by atoms with van der Waals surface area (Å²) in [5.74, 6) is 0.381. The Balaban J connectivity index is 2.15. The fourth-order valence-electron chi connectivity index (χ4n) is 2.05. The molecule has 0 bridgehead atoms. The van der Waals surface area contributed by atoms with Gasteiger partial charge in [0, 0.05) is 39.5 Å². The lowest BCUT2D eigenvalue weighted by Crippen LogP contribution is -2.37. The largest absolute Gasteiger partial charge is 0.361 e. The maximum Gasteiger partial charge on any atom is 0.330 e. The van der Waals surface area contributed by atoms with E-state index in [1.807, 2.05) is 0 Å². The van der Waals surface area contributed by atoms with E-state index in [-0.39, 0.29) is 11.5 Å². The van der Waals surface area contributed by atoms with Crippen LogP contribution in [0.15, 0.2) is 32.5 Å². The van der Waals surface area contributed by atoms with Crippen LogP contribution in [-0.2, 0) is 25.4 Å². The van der Waals surface area contributed by atoms with Crippen molar-refractivity contribution in [1.82, 2.24) is 19.2 Å². The van der Waals surface area contributed by atoms with Crippen molar-refractivity contribution in [2.75, 3.05) is 7.05 Å². The molecule has 2 heterocycles. The highest BCUT2D eigenvalue weighted by Crippen LogP contribution is 2.05. The molecular weight excluding hydrogens is 300 g/mol. The first kappa shape index (κ1) is 16.5. The molecule has 1 amide bonds. The molecule has 0 aliphatic rings. The van der Waals surface area contributed by atoms with Crippen LogP contribution in [0.2, 0.25) is 0 Å². The highest BCUT2D eigenvalue weighted by molar-refractivity contribution is 5.91. The van der Waals surface area contributed by atoms with Gasteiger partial charge in [0.2, 0.25) is 5.91 Å². The molecule has 0 saturated heterocycles. The van der Waals surface area contributed by atoms with E-state index in [2.05, 4.69) is 5.16 Å². The first-order valence-corrected chi connectivity index (χ1v) is 6.91. The van der Waals surface area contributed by atoms with E-state index < -0.39 is 11.2 Å². The van der Waals surface area contributed by atoms with Crippen molar-refractivity contribution in [1.29, 1.82) is 0 Å². The minimum Gasteiger partial charge on any atom is -0.361 e. The lowest BCUT2D eigenvalue weighted by Gasteiger charge is -2.12. The Kier molecular flexibility index (Phi) is 4.63. The zero-order chi connectivity index (χ0) is 17.1. The molecule has 0 aliphatic heterocycles. The average Bonchev–Trinajstić information content (AvgIpc) is 2.92. The molecule has 122 valence electrons. The topological polar surface area (TPSA) is 90.3 Å². The standard InChI is InChI=1S/C15H18N4O4/c1-10-7-12(16-23-10)9-17(2)13(20)6-5-11-8-18(3)15(22)19(4)14(11)21/h5-8H,9H2,1-4H3/b6-5+. The normalized spacial score (nSPS) is 11.1. The Morgan fingerprint density at radius 1 is 1.39 bits per heavy atom. The zero-order valence-electron chi connectivity index (χ0n) is 13.4. The van der Waals surface area contributed by atoms with Gasteiger partial charge >= 0.3 is 5.69 Å². The molecule has 2 aromatic rings. The van der Waals surface area contributed by atoms with Crippen LogP contribution >= 0.6 is 0 Å². The van der Waals surface area contributed by atoms with Gasteiger partial charge in [-0.15, -0.1) is 0 Å². The SMILES string of the molecule is Cc1cc(CN(C)C(=O)/C=C/c2cn(C)c(=O)n(C)c2=O)no1. The molecule has 0 unspecified atom stereocenters. The van der Waals surface area contributed by atoms with E-state index >= 15 is 0 Å². The summed E-state index contributed by atoms with van der Waals surface area (Å²) in [4.78, 5) is 37.1. The summed E-state index contributed by atoms with van der Waals surface area (Å²) in [5.41, 5.74) is 0.0299. The molecule has 8 heteroatoms. The number of nitrogens with zero attached hydrogens (tertiary/aromatic N) is 4. The van der Waals surface area contributed by atoms with Crippen LogP contribution in [0.3, 0.4) is 0 Å². The molecule has 8 nitrogen and oxygen atoms in total. The van der Waals surface area contributed by atoms with Crippen molar-refractivity contribution in [2.45, 2.75) is 13.5 Å². The van der Waals surface area contributed by atoms with Gasteiger partial charge in [-0.05, 0) is 13.0 Å². The van der Waals surface area contributed by atoms with Crippen LogP contribution in [0.25, 0.3) is 6.08 Å². The second-order valence-corrected chi connectivity index (χ2v) is 5.30. The van der Waals surface area contributed by atoms with Gasteiger partial charge in [0.1, 0.15) is 11.5 Å². The Bertz CT molecular complexity index is 872. The number of aryl methyl sites for hydroxylation is 2. The third kappa shape index (κ3) is 3.65. The predicted octanol–water partition coefficient (Wildman–Crippen LogP) is 0.0522. The van der Waals surface area contributed by atoms with Crippen molar-refractivity contribution < 1.29 is 9.32 Å². The highest BCUT2D eigenvalue weighted by Gasteiger charge is 2.10. The average molecular weight is 318 g/mol. The first-order chi connectivity index (χ1) is 10.8. The maximum absolute atomic E-state index is 12.1. The van der Waals surface area contributed by atoms with Crippen LogP contribution in [-0.4, -0.2) is 32.1 Å². The lowest BCUT2D eigenvalue weighted by atomic mass is 10.3. The van der Waals surface area contributed by atoms with E-state index in [1.54, 1.807) is 27.1 Å². The van der Waals surface area contributed by atoms with Gasteiger partial charge in [-0.25, -0.2) is 4.79 Å². The Morgan fingerprint density at radius 2 is 2.09 bits per heavy atom. The van der Waals surface area contributed by atoms with Crippen LogP contribution in [0.4, 0.5) is 0 Å². The number of aromatic nitrogens is 3. The number of amides is 1. The van der Waals surface area contributed by atoms with Crippen LogP contribution in [0, 0.1) is 6.92 Å². The van der Waals surface area contributed by atoms with Gasteiger partial charge < -0.3 is 14.0 Å². The molecule has 0 fully saturated rings. The van der Waals surface area contributed by atoms with Crippen molar-refractivity contribution in [2.24, 2.45) is 14.1 Å². The van der Waals surface area contributed by atoms with Gasteiger partial charge in [-0.3, -0.25) is 14.2 Å². The molecule has 0 aliphatic carbocycles. The van der Waals surface area contributed by atoms with Crippen LogP contribution in [0.1, 0.15) is 17.0 Å². The number of rotatable bonds is 4. The van der Waals surface area contributed by atoms with E-state index in [9.17, 15) is 14.4 Å². The zero-order valence-corrected chi connectivity index (χ0v) is 13.4. The third-order valence-electron chi connectivity index (χ3n) is 3.33. The van der Waals surface area contributed by atoms with Gasteiger partial charge in [0.05, 0.1) is 12.1 Å². The predicted molar refractivity (Wildman–Crippen MR) is 83.7 cm³/mol. The molecule has 0 spiro atoms. The van der Waals surface area contributed by atoms with Crippen LogP contribution < -0.4 is 11.2 Å². The number of carbonyl (C=O) groups is 1. The summed E-state index contributed by atoms with van der Waals surface area (Å²) in [7, 11) is 4.55. The number of hydrogen-bond donors (Lipinski definition) is 0. The Morgan fingerprint density at radius 3 is 2.70 bits per heavy atom. The van der Waals surface area contributed by atoms with Gasteiger partial charge in [0.25, 0.3) is 5.56 Å². The van der Waals surface area contributed by atoms with Gasteiger partial charge in [0.15, 0.2) is 0 Å². The Labute approximate surface area is 132 Å². The summed E-state index contributed by atoms with van der Waals surface area (Å²) in [5, 5.41) is 3.82. The molecule has 0 radical (unpaired) electrons. The van der Waals surface area contributed by atoms with E-state index in [0.717, 1.165) is 4.57 Å². The molecule has 2 aromatic heterocycles.